The Kier molecular flexibility index (Phi) is 4.96. The molecule has 1 aromatic rings. The van der Waals surface area contributed by atoms with Crippen molar-refractivity contribution in [1.29, 1.82) is 0 Å². The van der Waals surface area contributed by atoms with Gasteiger partial charge in [-0.3, -0.25) is 4.79 Å². The van der Waals surface area contributed by atoms with Crippen LogP contribution in [0.5, 0.6) is 0 Å². The molecule has 1 aromatic carbocycles. The standard InChI is InChI=1S/C12H15BrO3/c1-8-3-4-10(13)6-11(8)9(7-16-2)5-12(14)15/h3-4,6,9H,5,7H2,1-2H3,(H,14,15). The Morgan fingerprint density at radius 3 is 2.81 bits per heavy atom. The van der Waals surface area contributed by atoms with E-state index in [-0.39, 0.29) is 12.3 Å². The van der Waals surface area contributed by atoms with Crippen molar-refractivity contribution in [3.63, 3.8) is 0 Å². The minimum atomic E-state index is -0.804. The molecular weight excluding hydrogens is 272 g/mol. The SMILES string of the molecule is COCC(CC(=O)O)c1cc(Br)ccc1C. The second kappa shape index (κ2) is 6.01. The smallest absolute Gasteiger partial charge is 0.304 e. The van der Waals surface area contributed by atoms with E-state index in [1.807, 2.05) is 25.1 Å². The lowest BCUT2D eigenvalue weighted by atomic mass is 9.93. The summed E-state index contributed by atoms with van der Waals surface area (Å²) in [6.45, 7) is 2.40. The van der Waals surface area contributed by atoms with Crippen molar-refractivity contribution >= 4 is 21.9 Å². The molecule has 0 bridgehead atoms. The molecule has 0 amide bonds. The number of carboxylic acid groups (broad SMARTS) is 1. The second-order valence-electron chi connectivity index (χ2n) is 3.75. The zero-order chi connectivity index (χ0) is 12.1. The van der Waals surface area contributed by atoms with Gasteiger partial charge in [0.05, 0.1) is 13.0 Å². The van der Waals surface area contributed by atoms with Crippen LogP contribution >= 0.6 is 15.9 Å². The number of hydrogen-bond acceptors (Lipinski definition) is 2. The highest BCUT2D eigenvalue weighted by molar-refractivity contribution is 9.10. The van der Waals surface area contributed by atoms with Gasteiger partial charge in [0.2, 0.25) is 0 Å². The lowest BCUT2D eigenvalue weighted by Crippen LogP contribution is -2.13. The number of benzene rings is 1. The number of aryl methyl sites for hydroxylation is 1. The van der Waals surface area contributed by atoms with E-state index in [2.05, 4.69) is 15.9 Å². The van der Waals surface area contributed by atoms with Crippen LogP contribution in [0.25, 0.3) is 0 Å². The maximum absolute atomic E-state index is 10.8. The summed E-state index contributed by atoms with van der Waals surface area (Å²) in [6, 6.07) is 5.88. The van der Waals surface area contributed by atoms with Gasteiger partial charge in [0.15, 0.2) is 0 Å². The lowest BCUT2D eigenvalue weighted by molar-refractivity contribution is -0.137. The van der Waals surface area contributed by atoms with Gasteiger partial charge in [0.25, 0.3) is 0 Å². The number of ether oxygens (including phenoxy) is 1. The van der Waals surface area contributed by atoms with E-state index in [1.165, 1.54) is 0 Å². The van der Waals surface area contributed by atoms with E-state index >= 15 is 0 Å². The Hall–Kier alpha value is -0.870. The number of rotatable bonds is 5. The van der Waals surface area contributed by atoms with E-state index in [0.717, 1.165) is 15.6 Å². The van der Waals surface area contributed by atoms with Crippen molar-refractivity contribution in [2.75, 3.05) is 13.7 Å². The van der Waals surface area contributed by atoms with Crippen LogP contribution in [-0.4, -0.2) is 24.8 Å². The summed E-state index contributed by atoms with van der Waals surface area (Å²) in [5, 5.41) is 8.86. The Labute approximate surface area is 104 Å². The van der Waals surface area contributed by atoms with Gasteiger partial charge in [-0.2, -0.15) is 0 Å². The molecule has 0 aromatic heterocycles. The molecule has 0 spiro atoms. The molecule has 88 valence electrons. The molecule has 4 heteroatoms. The quantitative estimate of drug-likeness (QED) is 0.905. The third-order valence-corrected chi connectivity index (χ3v) is 2.96. The first-order chi connectivity index (χ1) is 7.54. The summed E-state index contributed by atoms with van der Waals surface area (Å²) in [6.07, 6.45) is 0.0884. The zero-order valence-corrected chi connectivity index (χ0v) is 11.0. The fraction of sp³-hybridized carbons (Fsp3) is 0.417. The van der Waals surface area contributed by atoms with Crippen molar-refractivity contribution in [3.8, 4) is 0 Å². The Morgan fingerprint density at radius 2 is 2.25 bits per heavy atom. The summed E-state index contributed by atoms with van der Waals surface area (Å²) in [7, 11) is 1.59. The molecule has 0 saturated heterocycles. The van der Waals surface area contributed by atoms with Crippen LogP contribution in [0.15, 0.2) is 22.7 Å². The number of methoxy groups -OCH3 is 1. The first-order valence-electron chi connectivity index (χ1n) is 5.01. The van der Waals surface area contributed by atoms with Crippen molar-refractivity contribution in [2.45, 2.75) is 19.3 Å². The summed E-state index contributed by atoms with van der Waals surface area (Å²) in [5.74, 6) is -0.901. The van der Waals surface area contributed by atoms with Crippen LogP contribution in [0.4, 0.5) is 0 Å². The minimum Gasteiger partial charge on any atom is -0.481 e. The van der Waals surface area contributed by atoms with E-state index in [9.17, 15) is 4.79 Å². The molecule has 1 N–H and O–H groups in total. The van der Waals surface area contributed by atoms with Gasteiger partial charge in [-0.05, 0) is 30.2 Å². The molecule has 0 aliphatic rings. The van der Waals surface area contributed by atoms with Gasteiger partial charge in [-0.1, -0.05) is 22.0 Å². The topological polar surface area (TPSA) is 46.5 Å². The molecule has 1 atom stereocenters. The van der Waals surface area contributed by atoms with Crippen molar-refractivity contribution in [3.05, 3.63) is 33.8 Å². The first kappa shape index (κ1) is 13.2. The highest BCUT2D eigenvalue weighted by Crippen LogP contribution is 2.26. The van der Waals surface area contributed by atoms with Gasteiger partial charge in [-0.25, -0.2) is 0 Å². The molecule has 0 aliphatic carbocycles. The molecule has 0 heterocycles. The van der Waals surface area contributed by atoms with Gasteiger partial charge in [0.1, 0.15) is 0 Å². The zero-order valence-electron chi connectivity index (χ0n) is 9.37. The van der Waals surface area contributed by atoms with Crippen LogP contribution in [-0.2, 0) is 9.53 Å². The molecule has 3 nitrogen and oxygen atoms in total. The predicted molar refractivity (Wildman–Crippen MR) is 65.7 cm³/mol. The molecule has 0 aliphatic heterocycles. The van der Waals surface area contributed by atoms with E-state index in [4.69, 9.17) is 9.84 Å². The van der Waals surface area contributed by atoms with Gasteiger partial charge in [0, 0.05) is 17.5 Å². The van der Waals surface area contributed by atoms with E-state index < -0.39 is 5.97 Å². The molecule has 16 heavy (non-hydrogen) atoms. The Morgan fingerprint density at radius 1 is 1.56 bits per heavy atom. The van der Waals surface area contributed by atoms with Crippen LogP contribution < -0.4 is 0 Å². The van der Waals surface area contributed by atoms with Crippen LogP contribution in [0.3, 0.4) is 0 Å². The van der Waals surface area contributed by atoms with E-state index in [1.54, 1.807) is 7.11 Å². The van der Waals surface area contributed by atoms with Crippen LogP contribution in [0.2, 0.25) is 0 Å². The van der Waals surface area contributed by atoms with Crippen LogP contribution in [0, 0.1) is 6.92 Å². The fourth-order valence-corrected chi connectivity index (χ4v) is 2.10. The molecule has 1 rings (SSSR count). The molecule has 0 saturated carbocycles. The molecule has 0 fully saturated rings. The number of hydrogen-bond donors (Lipinski definition) is 1. The highest BCUT2D eigenvalue weighted by Gasteiger charge is 2.17. The Balaban J connectivity index is 2.99. The van der Waals surface area contributed by atoms with Gasteiger partial charge < -0.3 is 9.84 Å². The summed E-state index contributed by atoms with van der Waals surface area (Å²) >= 11 is 3.39. The first-order valence-corrected chi connectivity index (χ1v) is 5.80. The average molecular weight is 287 g/mol. The van der Waals surface area contributed by atoms with E-state index in [0.29, 0.717) is 6.61 Å². The van der Waals surface area contributed by atoms with Crippen molar-refractivity contribution in [2.24, 2.45) is 0 Å². The lowest BCUT2D eigenvalue weighted by Gasteiger charge is -2.17. The van der Waals surface area contributed by atoms with Gasteiger partial charge >= 0.3 is 5.97 Å². The van der Waals surface area contributed by atoms with Crippen molar-refractivity contribution in [1.82, 2.24) is 0 Å². The number of aliphatic carboxylic acids is 1. The normalized spacial score (nSPS) is 12.4. The van der Waals surface area contributed by atoms with Crippen molar-refractivity contribution < 1.29 is 14.6 Å². The largest absolute Gasteiger partial charge is 0.481 e. The molecule has 0 radical (unpaired) electrons. The molecule has 1 unspecified atom stereocenters. The summed E-state index contributed by atoms with van der Waals surface area (Å²) in [4.78, 5) is 10.8. The second-order valence-corrected chi connectivity index (χ2v) is 4.67. The maximum atomic E-state index is 10.8. The molecular formula is C12H15BrO3. The maximum Gasteiger partial charge on any atom is 0.304 e. The number of carbonyl (C=O) groups is 1. The number of halogens is 1. The average Bonchev–Trinajstić information content (AvgIpc) is 2.20. The fourth-order valence-electron chi connectivity index (χ4n) is 1.72. The Bertz CT molecular complexity index is 377. The van der Waals surface area contributed by atoms with Crippen LogP contribution in [0.1, 0.15) is 23.5 Å². The minimum absolute atomic E-state index is 0.0884. The third kappa shape index (κ3) is 3.61. The predicted octanol–water partition coefficient (Wildman–Crippen LogP) is 2.96. The monoisotopic (exact) mass is 286 g/mol. The number of carboxylic acids is 1. The third-order valence-electron chi connectivity index (χ3n) is 2.47. The van der Waals surface area contributed by atoms with Gasteiger partial charge in [-0.15, -0.1) is 0 Å². The summed E-state index contributed by atoms with van der Waals surface area (Å²) in [5.41, 5.74) is 2.12. The highest BCUT2D eigenvalue weighted by atomic mass is 79.9. The summed E-state index contributed by atoms with van der Waals surface area (Å²) < 4.78 is 6.03.